The molecule has 1 aromatic heterocycles. The summed E-state index contributed by atoms with van der Waals surface area (Å²) in [6.07, 6.45) is 6.64. The molecule has 0 saturated heterocycles. The van der Waals surface area contributed by atoms with Gasteiger partial charge in [0, 0.05) is 17.3 Å². The van der Waals surface area contributed by atoms with E-state index in [0.29, 0.717) is 16.6 Å². The lowest BCUT2D eigenvalue weighted by atomic mass is 9.78. The third-order valence-corrected chi connectivity index (χ3v) is 8.00. The van der Waals surface area contributed by atoms with Crippen LogP contribution in [0.4, 0.5) is 0 Å². The van der Waals surface area contributed by atoms with Crippen LogP contribution in [0.15, 0.2) is 60.4 Å². The Morgan fingerprint density at radius 3 is 2.19 bits per heavy atom. The number of pyridine rings is 1. The fourth-order valence-electron chi connectivity index (χ4n) is 6.32. The Morgan fingerprint density at radius 1 is 0.881 bits per heavy atom. The quantitative estimate of drug-likeness (QED) is 0.261. The summed E-state index contributed by atoms with van der Waals surface area (Å²) in [5, 5.41) is 32.2. The number of aliphatic hydroxyl groups excluding tert-OH is 2. The molecule has 0 fully saturated rings. The lowest BCUT2D eigenvalue weighted by Crippen LogP contribution is -2.52. The number of aliphatic hydroxyl groups is 2. The SMILES string of the molecule is CC=CC=Cc1cc2cc3c(c(O)c2c(=O)[nH]1)[C@@]1(CC3)C(O)=c2c(=O)c3c(=O)cc(OC(C)C)c(=O)c=3c(=O)c2=C1O. The summed E-state index contributed by atoms with van der Waals surface area (Å²) in [6, 6.07) is 4.15. The minimum atomic E-state index is -1.94. The number of aromatic hydroxyl groups is 1. The number of phenolic OH excluding ortho intramolecular Hbond substituents is 1. The van der Waals surface area contributed by atoms with Crippen LogP contribution in [0.1, 0.15) is 44.0 Å². The second-order valence-corrected chi connectivity index (χ2v) is 10.8. The molecule has 1 spiro atoms. The van der Waals surface area contributed by atoms with E-state index in [0.717, 1.165) is 6.07 Å². The number of aromatic amines is 1. The molecule has 0 saturated carbocycles. The number of aryl methyl sites for hydroxylation is 1. The van der Waals surface area contributed by atoms with Gasteiger partial charge < -0.3 is 25.0 Å². The van der Waals surface area contributed by atoms with Crippen LogP contribution in [0.5, 0.6) is 11.5 Å². The zero-order valence-electron chi connectivity index (χ0n) is 22.8. The van der Waals surface area contributed by atoms with Gasteiger partial charge in [0.15, 0.2) is 11.2 Å². The van der Waals surface area contributed by atoms with Gasteiger partial charge in [-0.3, -0.25) is 24.0 Å². The number of benzene rings is 1. The molecule has 1 atom stereocenters. The van der Waals surface area contributed by atoms with Crippen LogP contribution in [0.3, 0.4) is 0 Å². The molecule has 6 rings (SSSR count). The Hall–Kier alpha value is -5.25. The molecule has 0 aliphatic heterocycles. The normalized spacial score (nSPS) is 18.0. The molecule has 0 radical (unpaired) electrons. The fourth-order valence-corrected chi connectivity index (χ4v) is 6.32. The summed E-state index contributed by atoms with van der Waals surface area (Å²) < 4.78 is 5.39. The maximum Gasteiger partial charge on any atom is 0.260 e. The molecule has 42 heavy (non-hydrogen) atoms. The third kappa shape index (κ3) is 3.41. The van der Waals surface area contributed by atoms with Gasteiger partial charge in [-0.25, -0.2) is 0 Å². The van der Waals surface area contributed by atoms with Crippen LogP contribution in [-0.2, 0) is 11.8 Å². The molecule has 1 heterocycles. The van der Waals surface area contributed by atoms with Crippen molar-refractivity contribution in [3.05, 3.63) is 125 Å². The van der Waals surface area contributed by atoms with Gasteiger partial charge in [0.1, 0.15) is 22.7 Å². The molecule has 10 nitrogen and oxygen atoms in total. The van der Waals surface area contributed by atoms with Gasteiger partial charge in [0.05, 0.1) is 32.4 Å². The van der Waals surface area contributed by atoms with E-state index >= 15 is 0 Å². The predicted molar refractivity (Wildman–Crippen MR) is 156 cm³/mol. The zero-order chi connectivity index (χ0) is 30.2. The van der Waals surface area contributed by atoms with Crippen molar-refractivity contribution in [2.45, 2.75) is 45.1 Å². The maximum atomic E-state index is 13.7. The maximum absolute atomic E-state index is 13.7. The number of H-pyrrole nitrogens is 1. The van der Waals surface area contributed by atoms with E-state index in [-0.39, 0.29) is 23.8 Å². The van der Waals surface area contributed by atoms with E-state index in [1.54, 1.807) is 44.2 Å². The fraction of sp³-hybridized carbons (Fsp3) is 0.219. The van der Waals surface area contributed by atoms with Crippen molar-refractivity contribution < 1.29 is 20.1 Å². The second-order valence-electron chi connectivity index (χ2n) is 10.8. The minimum absolute atomic E-state index is 0.0275. The summed E-state index contributed by atoms with van der Waals surface area (Å²) in [6.45, 7) is 5.08. The average molecular weight is 568 g/mol. The first-order valence-corrected chi connectivity index (χ1v) is 13.3. The number of nitrogens with one attached hydrogen (secondary N) is 1. The van der Waals surface area contributed by atoms with Crippen molar-refractivity contribution >= 4 is 28.4 Å². The van der Waals surface area contributed by atoms with E-state index in [4.69, 9.17) is 4.74 Å². The summed E-state index contributed by atoms with van der Waals surface area (Å²) in [5.41, 5.74) is -5.76. The number of aromatic nitrogens is 1. The molecule has 0 unspecified atom stereocenters. The van der Waals surface area contributed by atoms with Gasteiger partial charge in [0.25, 0.3) is 5.56 Å². The first-order chi connectivity index (χ1) is 19.9. The van der Waals surface area contributed by atoms with Crippen molar-refractivity contribution in [3.63, 3.8) is 0 Å². The molecule has 212 valence electrons. The van der Waals surface area contributed by atoms with Crippen molar-refractivity contribution in [1.29, 1.82) is 0 Å². The molecule has 0 amide bonds. The van der Waals surface area contributed by atoms with Gasteiger partial charge in [0.2, 0.25) is 16.3 Å². The van der Waals surface area contributed by atoms with Gasteiger partial charge in [-0.1, -0.05) is 24.3 Å². The van der Waals surface area contributed by atoms with E-state index in [9.17, 15) is 39.3 Å². The zero-order valence-corrected chi connectivity index (χ0v) is 22.8. The number of hydrogen-bond donors (Lipinski definition) is 4. The van der Waals surface area contributed by atoms with Crippen LogP contribution in [0, 0.1) is 10.4 Å². The Labute approximate surface area is 235 Å². The molecule has 0 bridgehead atoms. The molecule has 2 aromatic rings. The standard InChI is InChI=1S/C32H25NO9/c1-4-5-6-7-16-11-15-10-14-8-9-32(24(14)28(38)19(15)31(41)33-16)29(39)22-23(30(32)40)27(37)21-20(26(22)36)17(34)12-18(25(21)35)42-13(2)3/h4-7,10-13,38-40H,8-9H2,1-3H3,(H,33,41)/t32-/m0/s1. The molecule has 10 heteroatoms. The van der Waals surface area contributed by atoms with Crippen LogP contribution < -0.4 is 42.4 Å². The van der Waals surface area contributed by atoms with E-state index in [1.165, 1.54) is 0 Å². The molecule has 4 N–H and O–H groups in total. The third-order valence-electron chi connectivity index (χ3n) is 8.00. The lowest BCUT2D eigenvalue weighted by molar-refractivity contribution is 0.239. The number of rotatable bonds is 4. The number of allylic oxidation sites excluding steroid dienone is 3. The van der Waals surface area contributed by atoms with Gasteiger partial charge >= 0.3 is 0 Å². The number of phenols is 1. The highest BCUT2D eigenvalue weighted by atomic mass is 16.5. The number of fused-ring (bicyclic) bond motifs is 4. The van der Waals surface area contributed by atoms with E-state index in [1.807, 2.05) is 13.0 Å². The lowest BCUT2D eigenvalue weighted by Gasteiger charge is -2.27. The van der Waals surface area contributed by atoms with Crippen LogP contribution in [0.2, 0.25) is 0 Å². The highest BCUT2D eigenvalue weighted by Crippen LogP contribution is 2.54. The van der Waals surface area contributed by atoms with E-state index in [2.05, 4.69) is 4.98 Å². The average Bonchev–Trinajstić information content (AvgIpc) is 3.41. The number of ether oxygens (including phenoxy) is 1. The second kappa shape index (κ2) is 9.13. The molecular formula is C32H25NO9. The van der Waals surface area contributed by atoms with Gasteiger partial charge in [-0.2, -0.15) is 0 Å². The van der Waals surface area contributed by atoms with Crippen LogP contribution >= 0.6 is 0 Å². The smallest absolute Gasteiger partial charge is 0.260 e. The van der Waals surface area contributed by atoms with Crippen molar-refractivity contribution in [3.8, 4) is 11.5 Å². The number of hydrogen-bond acceptors (Lipinski definition) is 9. The van der Waals surface area contributed by atoms with Gasteiger partial charge in [-0.05, 0) is 56.7 Å². The summed E-state index contributed by atoms with van der Waals surface area (Å²) in [5.74, 6) is -2.41. The Balaban J connectivity index is 1.72. The first-order valence-electron chi connectivity index (χ1n) is 13.3. The van der Waals surface area contributed by atoms with Crippen LogP contribution in [0.25, 0.3) is 28.4 Å². The minimum Gasteiger partial charge on any atom is -0.510 e. The highest BCUT2D eigenvalue weighted by Gasteiger charge is 2.53. The summed E-state index contributed by atoms with van der Waals surface area (Å²) in [7, 11) is 0. The van der Waals surface area contributed by atoms with Crippen molar-refractivity contribution in [1.82, 2.24) is 4.98 Å². The summed E-state index contributed by atoms with van der Waals surface area (Å²) >= 11 is 0. The monoisotopic (exact) mass is 567 g/mol. The predicted octanol–water partition coefficient (Wildman–Crippen LogP) is 0.882. The van der Waals surface area contributed by atoms with E-state index < -0.39 is 82.7 Å². The first kappa shape index (κ1) is 26.9. The Kier molecular flexibility index (Phi) is 5.86. The van der Waals surface area contributed by atoms with Gasteiger partial charge in [-0.15, -0.1) is 0 Å². The van der Waals surface area contributed by atoms with Crippen LogP contribution in [-0.4, -0.2) is 26.4 Å². The topological polar surface area (TPSA) is 171 Å². The Bertz CT molecular complexity index is 2410. The molecule has 1 aromatic carbocycles. The Morgan fingerprint density at radius 2 is 1.55 bits per heavy atom. The largest absolute Gasteiger partial charge is 0.510 e. The summed E-state index contributed by atoms with van der Waals surface area (Å²) in [4.78, 5) is 69.3. The van der Waals surface area contributed by atoms with Crippen molar-refractivity contribution in [2.75, 3.05) is 0 Å². The highest BCUT2D eigenvalue weighted by molar-refractivity contribution is 5.94. The molecular weight excluding hydrogens is 542 g/mol. The molecule has 4 aliphatic carbocycles. The molecule has 4 aliphatic rings. The van der Waals surface area contributed by atoms with Crippen molar-refractivity contribution in [2.24, 2.45) is 0 Å².